The summed E-state index contributed by atoms with van der Waals surface area (Å²) in [5, 5.41) is 10.5. The number of esters is 4. The second-order valence-electron chi connectivity index (χ2n) is 25.4. The Balaban J connectivity index is 5.14. The summed E-state index contributed by atoms with van der Waals surface area (Å²) in [4.78, 5) is 72.2. The van der Waals surface area contributed by atoms with Crippen LogP contribution in [0.25, 0.3) is 0 Å². The van der Waals surface area contributed by atoms with Gasteiger partial charge < -0.3 is 33.8 Å². The molecule has 0 bridgehead atoms. The molecule has 0 aromatic rings. The molecule has 0 spiro atoms. The van der Waals surface area contributed by atoms with Gasteiger partial charge in [0.15, 0.2) is 12.2 Å². The van der Waals surface area contributed by atoms with E-state index in [0.717, 1.165) is 121 Å². The number of carbonyl (C=O) groups excluding carboxylic acids is 4. The zero-order chi connectivity index (χ0) is 64.9. The maximum atomic E-state index is 13.0. The van der Waals surface area contributed by atoms with Gasteiger partial charge >= 0.3 is 39.5 Å². The van der Waals surface area contributed by atoms with Crippen molar-refractivity contribution in [2.24, 2.45) is 5.92 Å². The van der Waals surface area contributed by atoms with E-state index in [2.05, 4.69) is 34.6 Å². The number of ether oxygens (including phenoxy) is 4. The largest absolute Gasteiger partial charge is 0.472 e. The van der Waals surface area contributed by atoms with Crippen molar-refractivity contribution in [3.8, 4) is 0 Å². The highest BCUT2D eigenvalue weighted by Gasteiger charge is 2.30. The van der Waals surface area contributed by atoms with Gasteiger partial charge in [0.25, 0.3) is 0 Å². The lowest BCUT2D eigenvalue weighted by Crippen LogP contribution is -2.30. The van der Waals surface area contributed by atoms with E-state index < -0.39 is 97.5 Å². The van der Waals surface area contributed by atoms with Crippen molar-refractivity contribution in [2.75, 3.05) is 39.6 Å². The topological polar surface area (TPSA) is 237 Å². The van der Waals surface area contributed by atoms with E-state index in [1.165, 1.54) is 154 Å². The van der Waals surface area contributed by atoms with E-state index in [-0.39, 0.29) is 25.7 Å². The molecule has 19 heteroatoms. The van der Waals surface area contributed by atoms with Crippen molar-refractivity contribution in [3.05, 3.63) is 0 Å². The minimum absolute atomic E-state index is 0.104. The Kier molecular flexibility index (Phi) is 61.1. The number of hydrogen-bond donors (Lipinski definition) is 3. The predicted molar refractivity (Wildman–Crippen MR) is 354 cm³/mol. The minimum Gasteiger partial charge on any atom is -0.462 e. The summed E-state index contributed by atoms with van der Waals surface area (Å²) in [5.41, 5.74) is 0. The minimum atomic E-state index is -4.95. The summed E-state index contributed by atoms with van der Waals surface area (Å²) in [6.45, 7) is 7.18. The van der Waals surface area contributed by atoms with Gasteiger partial charge in [0, 0.05) is 25.7 Å². The van der Waals surface area contributed by atoms with Crippen LogP contribution in [0.3, 0.4) is 0 Å². The number of phosphoric acid groups is 2. The summed E-state index contributed by atoms with van der Waals surface area (Å²) in [5.74, 6) is -1.34. The summed E-state index contributed by atoms with van der Waals surface area (Å²) >= 11 is 0. The molecule has 3 N–H and O–H groups in total. The van der Waals surface area contributed by atoms with Crippen LogP contribution in [0, 0.1) is 5.92 Å². The van der Waals surface area contributed by atoms with Gasteiger partial charge in [-0.1, -0.05) is 304 Å². The average molecular weight is 1300 g/mol. The Morgan fingerprint density at radius 2 is 0.523 bits per heavy atom. The van der Waals surface area contributed by atoms with Gasteiger partial charge in [0.05, 0.1) is 26.4 Å². The second kappa shape index (κ2) is 62.5. The lowest BCUT2D eigenvalue weighted by Gasteiger charge is -2.21. The molecule has 0 amide bonds. The molecule has 0 saturated heterocycles. The molecule has 0 aromatic heterocycles. The molecule has 17 nitrogen and oxygen atoms in total. The van der Waals surface area contributed by atoms with Crippen LogP contribution in [-0.4, -0.2) is 96.7 Å². The molecule has 88 heavy (non-hydrogen) atoms. The highest BCUT2D eigenvalue weighted by molar-refractivity contribution is 7.47. The molecule has 0 rings (SSSR count). The fraction of sp³-hybridized carbons (Fsp3) is 0.942. The highest BCUT2D eigenvalue weighted by Crippen LogP contribution is 2.45. The summed E-state index contributed by atoms with van der Waals surface area (Å²) in [7, 11) is -9.88. The van der Waals surface area contributed by atoms with Crippen molar-refractivity contribution in [1.29, 1.82) is 0 Å². The van der Waals surface area contributed by atoms with Crippen molar-refractivity contribution >= 4 is 39.5 Å². The first kappa shape index (κ1) is 86.1. The molecule has 0 heterocycles. The van der Waals surface area contributed by atoms with Crippen molar-refractivity contribution in [2.45, 2.75) is 374 Å². The van der Waals surface area contributed by atoms with E-state index in [1.807, 2.05) is 0 Å². The Morgan fingerprint density at radius 1 is 0.307 bits per heavy atom. The number of rotatable bonds is 69. The van der Waals surface area contributed by atoms with Gasteiger partial charge in [-0.2, -0.15) is 0 Å². The van der Waals surface area contributed by atoms with Gasteiger partial charge in [-0.3, -0.25) is 37.3 Å². The molecular formula is C69H134O17P2. The molecule has 522 valence electrons. The maximum Gasteiger partial charge on any atom is 0.472 e. The van der Waals surface area contributed by atoms with Crippen LogP contribution in [0.1, 0.15) is 356 Å². The molecule has 0 fully saturated rings. The summed E-state index contributed by atoms with van der Waals surface area (Å²) in [6.07, 6.45) is 48.9. The van der Waals surface area contributed by atoms with Gasteiger partial charge in [0.2, 0.25) is 0 Å². The van der Waals surface area contributed by atoms with Crippen LogP contribution in [0.4, 0.5) is 0 Å². The van der Waals surface area contributed by atoms with Gasteiger partial charge in [-0.25, -0.2) is 9.13 Å². The number of aliphatic hydroxyl groups excluding tert-OH is 1. The normalized spacial score (nSPS) is 14.1. The predicted octanol–water partition coefficient (Wildman–Crippen LogP) is 19.7. The third-order valence-corrected chi connectivity index (χ3v) is 17.9. The van der Waals surface area contributed by atoms with Gasteiger partial charge in [0.1, 0.15) is 19.3 Å². The summed E-state index contributed by atoms with van der Waals surface area (Å²) < 4.78 is 68.0. The van der Waals surface area contributed by atoms with E-state index in [1.54, 1.807) is 0 Å². The van der Waals surface area contributed by atoms with E-state index in [4.69, 9.17) is 37.0 Å². The molecular weight excluding hydrogens is 1160 g/mol. The van der Waals surface area contributed by atoms with Crippen LogP contribution in [0.5, 0.6) is 0 Å². The average Bonchev–Trinajstić information content (AvgIpc) is 3.52. The van der Waals surface area contributed by atoms with Crippen LogP contribution in [0.2, 0.25) is 0 Å². The van der Waals surface area contributed by atoms with Crippen molar-refractivity contribution in [3.63, 3.8) is 0 Å². The first-order valence-corrected chi connectivity index (χ1v) is 39.1. The molecule has 0 aliphatic heterocycles. The zero-order valence-corrected chi connectivity index (χ0v) is 58.6. The Labute approximate surface area is 537 Å². The number of phosphoric ester groups is 2. The fourth-order valence-electron chi connectivity index (χ4n) is 10.5. The lowest BCUT2D eigenvalue weighted by atomic mass is 10.0. The van der Waals surface area contributed by atoms with Gasteiger partial charge in [-0.15, -0.1) is 0 Å². The van der Waals surface area contributed by atoms with Gasteiger partial charge in [-0.05, 0) is 31.6 Å². The van der Waals surface area contributed by atoms with Crippen LogP contribution >= 0.6 is 15.6 Å². The third-order valence-electron chi connectivity index (χ3n) is 16.0. The lowest BCUT2D eigenvalue weighted by molar-refractivity contribution is -0.161. The van der Waals surface area contributed by atoms with E-state index >= 15 is 0 Å². The first-order valence-electron chi connectivity index (χ1n) is 36.1. The van der Waals surface area contributed by atoms with Crippen molar-refractivity contribution in [1.82, 2.24) is 0 Å². The molecule has 0 aliphatic carbocycles. The van der Waals surface area contributed by atoms with Crippen molar-refractivity contribution < 1.29 is 80.2 Å². The number of hydrogen-bond acceptors (Lipinski definition) is 15. The molecule has 0 saturated carbocycles. The summed E-state index contributed by atoms with van der Waals surface area (Å²) in [6, 6.07) is 0. The quantitative estimate of drug-likeness (QED) is 0.0222. The zero-order valence-electron chi connectivity index (χ0n) is 56.9. The second-order valence-corrected chi connectivity index (χ2v) is 28.3. The smallest absolute Gasteiger partial charge is 0.462 e. The molecule has 0 radical (unpaired) electrons. The monoisotopic (exact) mass is 1300 g/mol. The number of aliphatic hydroxyl groups is 1. The SMILES string of the molecule is CCCCCCCCCCCCCCCCCCCC(=O)OC[C@H](COP(=O)(O)OC[C@@H](O)COP(=O)(O)OC[C@@H](COC(=O)CCCCCCCCC)OC(=O)CCCCCCCCC)OC(=O)CCCCCCCCCCCCCCCCC(C)C. The highest BCUT2D eigenvalue weighted by atomic mass is 31.2. The van der Waals surface area contributed by atoms with E-state index in [9.17, 15) is 43.2 Å². The molecule has 5 atom stereocenters. The molecule has 0 aromatic carbocycles. The Morgan fingerprint density at radius 3 is 0.773 bits per heavy atom. The van der Waals surface area contributed by atoms with Crippen LogP contribution in [-0.2, 0) is 65.4 Å². The first-order chi connectivity index (χ1) is 42.5. The van der Waals surface area contributed by atoms with E-state index in [0.29, 0.717) is 25.7 Å². The number of unbranched alkanes of at least 4 members (excludes halogenated alkanes) is 41. The van der Waals surface area contributed by atoms with Crippen LogP contribution in [0.15, 0.2) is 0 Å². The third kappa shape index (κ3) is 62.8. The molecule has 0 aliphatic rings. The Bertz CT molecular complexity index is 1700. The Hall–Kier alpha value is -1.94. The molecule has 2 unspecified atom stereocenters. The fourth-order valence-corrected chi connectivity index (χ4v) is 12.0. The maximum absolute atomic E-state index is 13.0. The standard InChI is InChI=1S/C69H134O17P2/c1-6-9-12-15-18-19-20-21-22-23-24-28-31-34-39-43-48-53-67(72)80-59-65(86-69(74)55-50-45-40-35-32-29-26-25-27-30-33-38-41-46-51-62(4)5)61-84-88(77,78)82-57-63(70)56-81-87(75,76)83-60-64(85-68(73)54-49-44-37-17-14-11-8-3)58-79-66(71)52-47-42-36-16-13-10-7-2/h62-65,70H,6-61H2,1-5H3,(H,75,76)(H,77,78)/t63-,64+,65+/m0/s1. The number of carbonyl (C=O) groups is 4. The van der Waals surface area contributed by atoms with Crippen LogP contribution < -0.4 is 0 Å².